The molecule has 2 aliphatic rings. The number of nitriles is 1. The van der Waals surface area contributed by atoms with Gasteiger partial charge >= 0.3 is 0 Å². The van der Waals surface area contributed by atoms with Gasteiger partial charge in [-0.1, -0.05) is 98.1 Å². The van der Waals surface area contributed by atoms with Crippen molar-refractivity contribution >= 4 is 0 Å². The van der Waals surface area contributed by atoms with Gasteiger partial charge in [0.15, 0.2) is 17.5 Å². The molecule has 8 rings (SSSR count). The summed E-state index contributed by atoms with van der Waals surface area (Å²) in [6.45, 7) is 0. The Balaban J connectivity index is 1.27. The highest BCUT2D eigenvalue weighted by Crippen LogP contribution is 2.56. The molecule has 2 heterocycles. The van der Waals surface area contributed by atoms with Gasteiger partial charge in [-0.3, -0.25) is 4.98 Å². The number of aromatic nitrogens is 4. The molecule has 0 bridgehead atoms. The fraction of sp³-hybridized carbons (Fsp3) is 0.154. The summed E-state index contributed by atoms with van der Waals surface area (Å²) in [5, 5.41) is 9.65. The topological polar surface area (TPSA) is 75.3 Å². The van der Waals surface area contributed by atoms with Crippen LogP contribution >= 0.6 is 0 Å². The van der Waals surface area contributed by atoms with Gasteiger partial charge in [0.2, 0.25) is 0 Å². The van der Waals surface area contributed by atoms with E-state index in [2.05, 4.69) is 71.7 Å². The highest BCUT2D eigenvalue weighted by molar-refractivity contribution is 5.84. The molecule has 0 unspecified atom stereocenters. The van der Waals surface area contributed by atoms with Crippen LogP contribution in [0.3, 0.4) is 0 Å². The summed E-state index contributed by atoms with van der Waals surface area (Å²) in [5.74, 6) is 1.95. The molecule has 44 heavy (non-hydrogen) atoms. The molecule has 0 radical (unpaired) electrons. The summed E-state index contributed by atoms with van der Waals surface area (Å²) >= 11 is 0. The smallest absolute Gasteiger partial charge is 0.164 e. The van der Waals surface area contributed by atoms with Crippen molar-refractivity contribution < 1.29 is 0 Å². The van der Waals surface area contributed by atoms with Gasteiger partial charge in [0, 0.05) is 34.5 Å². The number of hydrogen-bond acceptors (Lipinski definition) is 5. The van der Waals surface area contributed by atoms with E-state index < -0.39 is 0 Å². The second-order valence-electron chi connectivity index (χ2n) is 11.8. The molecule has 0 N–H and O–H groups in total. The Morgan fingerprint density at radius 2 is 1.20 bits per heavy atom. The number of benzene rings is 4. The van der Waals surface area contributed by atoms with Crippen molar-refractivity contribution in [1.82, 2.24) is 19.9 Å². The van der Waals surface area contributed by atoms with Crippen LogP contribution in [0.15, 0.2) is 116 Å². The number of pyridine rings is 1. The highest BCUT2D eigenvalue weighted by atomic mass is 15.0. The lowest BCUT2D eigenvalue weighted by molar-refractivity contribution is 0.353. The van der Waals surface area contributed by atoms with E-state index in [4.69, 9.17) is 15.0 Å². The molecule has 6 aromatic rings. The third-order valence-electron chi connectivity index (χ3n) is 9.26. The second-order valence-corrected chi connectivity index (χ2v) is 11.8. The van der Waals surface area contributed by atoms with Gasteiger partial charge in [0.25, 0.3) is 0 Å². The first-order chi connectivity index (χ1) is 21.7. The predicted molar refractivity (Wildman–Crippen MR) is 173 cm³/mol. The molecule has 210 valence electrons. The largest absolute Gasteiger partial charge is 0.264 e. The molecule has 1 saturated carbocycles. The van der Waals surface area contributed by atoms with Crippen molar-refractivity contribution in [2.45, 2.75) is 37.5 Å². The summed E-state index contributed by atoms with van der Waals surface area (Å²) in [6, 6.07) is 37.7. The van der Waals surface area contributed by atoms with Crippen molar-refractivity contribution in [3.8, 4) is 62.5 Å². The first-order valence-electron chi connectivity index (χ1n) is 15.2. The van der Waals surface area contributed by atoms with Crippen molar-refractivity contribution in [2.75, 3.05) is 0 Å². The van der Waals surface area contributed by atoms with Gasteiger partial charge < -0.3 is 0 Å². The minimum absolute atomic E-state index is 0.0346. The van der Waals surface area contributed by atoms with E-state index in [-0.39, 0.29) is 5.41 Å². The maximum absolute atomic E-state index is 9.65. The Morgan fingerprint density at radius 1 is 0.545 bits per heavy atom. The van der Waals surface area contributed by atoms with Crippen LogP contribution in [0.1, 0.15) is 48.8 Å². The van der Waals surface area contributed by atoms with E-state index in [1.807, 2.05) is 48.7 Å². The third kappa shape index (κ3) is 4.39. The Bertz CT molecular complexity index is 2040. The molecule has 0 atom stereocenters. The Labute approximate surface area is 257 Å². The Kier molecular flexibility index (Phi) is 6.34. The molecular formula is C39H29N5. The maximum Gasteiger partial charge on any atom is 0.164 e. The number of fused-ring (bicyclic) bond motifs is 5. The summed E-state index contributed by atoms with van der Waals surface area (Å²) in [5.41, 5.74) is 10.8. The van der Waals surface area contributed by atoms with E-state index in [0.29, 0.717) is 23.0 Å². The van der Waals surface area contributed by atoms with Crippen molar-refractivity contribution in [2.24, 2.45) is 0 Å². The van der Waals surface area contributed by atoms with Crippen LogP contribution in [0, 0.1) is 11.3 Å². The van der Waals surface area contributed by atoms with Crippen molar-refractivity contribution in [3.63, 3.8) is 0 Å². The monoisotopic (exact) mass is 567 g/mol. The molecule has 5 heteroatoms. The number of rotatable bonds is 4. The van der Waals surface area contributed by atoms with Crippen LogP contribution in [0.2, 0.25) is 0 Å². The van der Waals surface area contributed by atoms with Gasteiger partial charge in [-0.15, -0.1) is 0 Å². The summed E-state index contributed by atoms with van der Waals surface area (Å²) in [4.78, 5) is 19.3. The predicted octanol–water partition coefficient (Wildman–Crippen LogP) is 9.04. The lowest BCUT2D eigenvalue weighted by atomic mass is 9.67. The van der Waals surface area contributed by atoms with E-state index >= 15 is 0 Å². The minimum Gasteiger partial charge on any atom is -0.264 e. The zero-order valence-corrected chi connectivity index (χ0v) is 24.2. The van der Waals surface area contributed by atoms with Crippen LogP contribution in [0.4, 0.5) is 0 Å². The standard InChI is InChI=1S/C39H29N5/c40-24-26-11-18-34-33(22-26)32-17-16-30(23-35(32)39(34)19-5-2-6-20-39)38-43-36(28-8-3-1-4-9-28)42-37(44-38)29-14-12-27(13-15-29)31-10-7-21-41-25-31/h1,3-4,7-18,21-23,25H,2,5-6,19-20H2. The molecule has 0 amide bonds. The van der Waals surface area contributed by atoms with Gasteiger partial charge in [0.05, 0.1) is 11.6 Å². The zero-order chi connectivity index (χ0) is 29.5. The quantitative estimate of drug-likeness (QED) is 0.212. The molecule has 2 aromatic heterocycles. The summed E-state index contributed by atoms with van der Waals surface area (Å²) in [7, 11) is 0. The van der Waals surface area contributed by atoms with Gasteiger partial charge in [0.1, 0.15) is 0 Å². The maximum atomic E-state index is 9.65. The van der Waals surface area contributed by atoms with E-state index in [1.54, 1.807) is 6.20 Å². The molecule has 1 spiro atoms. The average molecular weight is 568 g/mol. The Hall–Kier alpha value is -5.47. The first kappa shape index (κ1) is 26.2. The molecule has 2 aliphatic carbocycles. The van der Waals surface area contributed by atoms with Crippen LogP contribution < -0.4 is 0 Å². The number of nitrogens with zero attached hydrogens (tertiary/aromatic N) is 5. The molecule has 5 nitrogen and oxygen atoms in total. The average Bonchev–Trinajstić information content (AvgIpc) is 3.36. The molecule has 0 saturated heterocycles. The van der Waals surface area contributed by atoms with Crippen LogP contribution in [0.25, 0.3) is 56.4 Å². The SMILES string of the molecule is N#Cc1ccc2c(c1)-c1ccc(-c3nc(-c4ccccc4)nc(-c4ccc(-c5cccnc5)cc4)n3)cc1C21CCCCC1. The van der Waals surface area contributed by atoms with E-state index in [0.717, 1.165) is 40.7 Å². The number of hydrogen-bond donors (Lipinski definition) is 0. The second kappa shape index (κ2) is 10.7. The highest BCUT2D eigenvalue weighted by Gasteiger charge is 2.44. The molecule has 4 aromatic carbocycles. The van der Waals surface area contributed by atoms with E-state index in [9.17, 15) is 5.26 Å². The first-order valence-corrected chi connectivity index (χ1v) is 15.2. The summed E-state index contributed by atoms with van der Waals surface area (Å²) < 4.78 is 0. The lowest BCUT2D eigenvalue weighted by Gasteiger charge is -2.36. The lowest BCUT2D eigenvalue weighted by Crippen LogP contribution is -2.28. The van der Waals surface area contributed by atoms with Gasteiger partial charge in [-0.2, -0.15) is 5.26 Å². The van der Waals surface area contributed by atoms with Gasteiger partial charge in [-0.25, -0.2) is 15.0 Å². The van der Waals surface area contributed by atoms with Crippen molar-refractivity contribution in [1.29, 1.82) is 5.26 Å². The van der Waals surface area contributed by atoms with Crippen LogP contribution in [-0.2, 0) is 5.41 Å². The van der Waals surface area contributed by atoms with Crippen LogP contribution in [-0.4, -0.2) is 19.9 Å². The van der Waals surface area contributed by atoms with Crippen LogP contribution in [0.5, 0.6) is 0 Å². The molecule has 1 fully saturated rings. The normalized spacial score (nSPS) is 14.5. The fourth-order valence-electron chi connectivity index (χ4n) is 7.10. The third-order valence-corrected chi connectivity index (χ3v) is 9.26. The Morgan fingerprint density at radius 3 is 1.91 bits per heavy atom. The molecular weight excluding hydrogens is 538 g/mol. The van der Waals surface area contributed by atoms with Gasteiger partial charge in [-0.05, 0) is 70.5 Å². The molecule has 0 aliphatic heterocycles. The van der Waals surface area contributed by atoms with E-state index in [1.165, 1.54) is 41.5 Å². The van der Waals surface area contributed by atoms with Crippen molar-refractivity contribution in [3.05, 3.63) is 132 Å². The zero-order valence-electron chi connectivity index (χ0n) is 24.2. The summed E-state index contributed by atoms with van der Waals surface area (Å²) in [6.07, 6.45) is 9.55. The fourth-order valence-corrected chi connectivity index (χ4v) is 7.10. The minimum atomic E-state index is -0.0346.